The van der Waals surface area contributed by atoms with Crippen molar-refractivity contribution in [2.24, 2.45) is 5.92 Å². The molecule has 0 saturated carbocycles. The number of carbonyl (C=O) groups is 2. The predicted molar refractivity (Wildman–Crippen MR) is 75.8 cm³/mol. The minimum Gasteiger partial charge on any atom is -0.343 e. The molecular formula is C14H27N3O2. The summed E-state index contributed by atoms with van der Waals surface area (Å²) in [5.74, 6) is 0.129. The fraction of sp³-hybridized carbons (Fsp3) is 0.857. The van der Waals surface area contributed by atoms with Gasteiger partial charge in [0.1, 0.15) is 0 Å². The SMILES string of the molecule is CCN(CC)C(=O)C1CC(=O)N(CCCN(C)C)C1. The second-order valence-electron chi connectivity index (χ2n) is 5.41. The number of amides is 2. The first-order valence-corrected chi connectivity index (χ1v) is 7.20. The Morgan fingerprint density at radius 2 is 1.95 bits per heavy atom. The number of nitrogens with zero attached hydrogens (tertiary/aromatic N) is 3. The van der Waals surface area contributed by atoms with Crippen molar-refractivity contribution in [2.45, 2.75) is 26.7 Å². The number of rotatable bonds is 7. The molecule has 1 heterocycles. The molecule has 0 aromatic rings. The summed E-state index contributed by atoms with van der Waals surface area (Å²) in [6.45, 7) is 7.74. The van der Waals surface area contributed by atoms with Crippen LogP contribution in [0.3, 0.4) is 0 Å². The Bertz CT molecular complexity index is 314. The lowest BCUT2D eigenvalue weighted by Gasteiger charge is -2.22. The number of hydrogen-bond acceptors (Lipinski definition) is 3. The van der Waals surface area contributed by atoms with Gasteiger partial charge < -0.3 is 14.7 Å². The maximum Gasteiger partial charge on any atom is 0.227 e. The molecule has 0 aromatic heterocycles. The van der Waals surface area contributed by atoms with Crippen LogP contribution in [0.25, 0.3) is 0 Å². The van der Waals surface area contributed by atoms with Crippen LogP contribution in [0.1, 0.15) is 26.7 Å². The van der Waals surface area contributed by atoms with E-state index in [-0.39, 0.29) is 17.7 Å². The Balaban J connectivity index is 2.45. The van der Waals surface area contributed by atoms with Gasteiger partial charge in [0.25, 0.3) is 0 Å². The third kappa shape index (κ3) is 4.49. The van der Waals surface area contributed by atoms with Crippen LogP contribution in [0.5, 0.6) is 0 Å². The van der Waals surface area contributed by atoms with E-state index in [4.69, 9.17) is 0 Å². The number of likely N-dealkylation sites (tertiary alicyclic amines) is 1. The molecule has 0 aromatic carbocycles. The van der Waals surface area contributed by atoms with Gasteiger partial charge in [0, 0.05) is 32.6 Å². The maximum atomic E-state index is 12.2. The first kappa shape index (κ1) is 16.0. The topological polar surface area (TPSA) is 43.9 Å². The molecule has 0 aliphatic carbocycles. The van der Waals surface area contributed by atoms with E-state index in [1.54, 1.807) is 0 Å². The van der Waals surface area contributed by atoms with E-state index in [0.717, 1.165) is 32.6 Å². The fourth-order valence-electron chi connectivity index (χ4n) is 2.52. The molecule has 1 aliphatic heterocycles. The van der Waals surface area contributed by atoms with Crippen molar-refractivity contribution >= 4 is 11.8 Å². The summed E-state index contributed by atoms with van der Waals surface area (Å²) in [6, 6.07) is 0. The van der Waals surface area contributed by atoms with Gasteiger partial charge in [0.15, 0.2) is 0 Å². The lowest BCUT2D eigenvalue weighted by molar-refractivity contribution is -0.135. The Morgan fingerprint density at radius 3 is 2.47 bits per heavy atom. The molecular weight excluding hydrogens is 242 g/mol. The van der Waals surface area contributed by atoms with E-state index < -0.39 is 0 Å². The molecule has 5 heteroatoms. The van der Waals surface area contributed by atoms with E-state index in [0.29, 0.717) is 13.0 Å². The largest absolute Gasteiger partial charge is 0.343 e. The summed E-state index contributed by atoms with van der Waals surface area (Å²) in [6.07, 6.45) is 1.35. The van der Waals surface area contributed by atoms with Crippen molar-refractivity contribution < 1.29 is 9.59 Å². The summed E-state index contributed by atoms with van der Waals surface area (Å²) in [7, 11) is 4.05. The molecule has 19 heavy (non-hydrogen) atoms. The van der Waals surface area contributed by atoms with Crippen LogP contribution in [0.4, 0.5) is 0 Å². The van der Waals surface area contributed by atoms with Crippen molar-refractivity contribution in [3.8, 4) is 0 Å². The summed E-state index contributed by atoms with van der Waals surface area (Å²) < 4.78 is 0. The van der Waals surface area contributed by atoms with Gasteiger partial charge in [-0.1, -0.05) is 0 Å². The number of carbonyl (C=O) groups excluding carboxylic acids is 2. The summed E-state index contributed by atoms with van der Waals surface area (Å²) in [5, 5.41) is 0. The van der Waals surface area contributed by atoms with E-state index in [2.05, 4.69) is 4.90 Å². The van der Waals surface area contributed by atoms with Crippen LogP contribution in [0, 0.1) is 5.92 Å². The molecule has 0 radical (unpaired) electrons. The van der Waals surface area contributed by atoms with E-state index in [9.17, 15) is 9.59 Å². The molecule has 0 N–H and O–H groups in total. The van der Waals surface area contributed by atoms with Gasteiger partial charge in [0.05, 0.1) is 5.92 Å². The maximum absolute atomic E-state index is 12.2. The summed E-state index contributed by atoms with van der Waals surface area (Å²) in [5.41, 5.74) is 0. The average Bonchev–Trinajstić information content (AvgIpc) is 2.72. The van der Waals surface area contributed by atoms with Crippen molar-refractivity contribution in [3.63, 3.8) is 0 Å². The van der Waals surface area contributed by atoms with Gasteiger partial charge in [0.2, 0.25) is 11.8 Å². The molecule has 1 rings (SSSR count). The third-order valence-electron chi connectivity index (χ3n) is 3.67. The molecule has 0 spiro atoms. The van der Waals surface area contributed by atoms with Crippen molar-refractivity contribution in [1.82, 2.24) is 14.7 Å². The molecule has 5 nitrogen and oxygen atoms in total. The average molecular weight is 269 g/mol. The van der Waals surface area contributed by atoms with E-state index in [1.807, 2.05) is 37.7 Å². The monoisotopic (exact) mass is 269 g/mol. The second-order valence-corrected chi connectivity index (χ2v) is 5.41. The Morgan fingerprint density at radius 1 is 1.32 bits per heavy atom. The fourth-order valence-corrected chi connectivity index (χ4v) is 2.52. The van der Waals surface area contributed by atoms with E-state index in [1.165, 1.54) is 0 Å². The zero-order chi connectivity index (χ0) is 14.4. The summed E-state index contributed by atoms with van der Waals surface area (Å²) in [4.78, 5) is 29.9. The zero-order valence-electron chi connectivity index (χ0n) is 12.7. The lowest BCUT2D eigenvalue weighted by atomic mass is 10.1. The molecule has 2 amide bonds. The first-order chi connectivity index (χ1) is 8.99. The Labute approximate surface area is 116 Å². The highest BCUT2D eigenvalue weighted by molar-refractivity contribution is 5.89. The molecule has 0 bridgehead atoms. The van der Waals surface area contributed by atoms with Gasteiger partial charge in [-0.3, -0.25) is 9.59 Å². The van der Waals surface area contributed by atoms with Crippen molar-refractivity contribution in [1.29, 1.82) is 0 Å². The van der Waals surface area contributed by atoms with Crippen LogP contribution < -0.4 is 0 Å². The minimum atomic E-state index is -0.133. The standard InChI is InChI=1S/C14H27N3O2/c1-5-16(6-2)14(19)12-10-13(18)17(11-12)9-7-8-15(3)4/h12H,5-11H2,1-4H3. The molecule has 1 atom stereocenters. The van der Waals surface area contributed by atoms with Gasteiger partial charge in [-0.15, -0.1) is 0 Å². The molecule has 1 unspecified atom stereocenters. The van der Waals surface area contributed by atoms with Gasteiger partial charge in [-0.05, 0) is 40.9 Å². The molecule has 110 valence electrons. The van der Waals surface area contributed by atoms with Crippen molar-refractivity contribution in [2.75, 3.05) is 46.8 Å². The Kier molecular flexibility index (Phi) is 6.28. The quantitative estimate of drug-likeness (QED) is 0.682. The second kappa shape index (κ2) is 7.48. The number of hydrogen-bond donors (Lipinski definition) is 0. The van der Waals surface area contributed by atoms with Gasteiger partial charge in [-0.25, -0.2) is 0 Å². The van der Waals surface area contributed by atoms with Crippen LogP contribution in [0.2, 0.25) is 0 Å². The molecule has 1 saturated heterocycles. The highest BCUT2D eigenvalue weighted by Gasteiger charge is 2.35. The van der Waals surface area contributed by atoms with Gasteiger partial charge >= 0.3 is 0 Å². The highest BCUT2D eigenvalue weighted by atomic mass is 16.2. The lowest BCUT2D eigenvalue weighted by Crippen LogP contribution is -2.37. The predicted octanol–water partition coefficient (Wildman–Crippen LogP) is 0.655. The summed E-state index contributed by atoms with van der Waals surface area (Å²) >= 11 is 0. The van der Waals surface area contributed by atoms with Crippen molar-refractivity contribution in [3.05, 3.63) is 0 Å². The minimum absolute atomic E-state index is 0.129. The van der Waals surface area contributed by atoms with Crippen LogP contribution in [-0.2, 0) is 9.59 Å². The molecule has 1 fully saturated rings. The van der Waals surface area contributed by atoms with Crippen LogP contribution in [0.15, 0.2) is 0 Å². The Hall–Kier alpha value is -1.10. The van der Waals surface area contributed by atoms with Gasteiger partial charge in [-0.2, -0.15) is 0 Å². The molecule has 1 aliphatic rings. The van der Waals surface area contributed by atoms with Crippen LogP contribution >= 0.6 is 0 Å². The highest BCUT2D eigenvalue weighted by Crippen LogP contribution is 2.20. The normalized spacial score (nSPS) is 19.3. The smallest absolute Gasteiger partial charge is 0.227 e. The zero-order valence-corrected chi connectivity index (χ0v) is 12.7. The van der Waals surface area contributed by atoms with Crippen LogP contribution in [-0.4, -0.2) is 73.3 Å². The third-order valence-corrected chi connectivity index (χ3v) is 3.67. The first-order valence-electron chi connectivity index (χ1n) is 7.20. The van der Waals surface area contributed by atoms with E-state index >= 15 is 0 Å².